The summed E-state index contributed by atoms with van der Waals surface area (Å²) < 4.78 is 5.18. The minimum absolute atomic E-state index is 0.350. The van der Waals surface area contributed by atoms with Crippen LogP contribution in [-0.2, 0) is 6.42 Å². The molecule has 0 spiro atoms. The smallest absolute Gasteiger partial charge is 0.118 e. The predicted octanol–water partition coefficient (Wildman–Crippen LogP) is 4.48. The summed E-state index contributed by atoms with van der Waals surface area (Å²) in [6.45, 7) is 2.35. The van der Waals surface area contributed by atoms with Crippen LogP contribution in [0.4, 0.5) is 0 Å². The van der Waals surface area contributed by atoms with Gasteiger partial charge >= 0.3 is 0 Å². The Balaban J connectivity index is 1.58. The molecule has 2 aromatic rings. The predicted molar refractivity (Wildman–Crippen MR) is 105 cm³/mol. The Morgan fingerprint density at radius 3 is 2.62 bits per heavy atom. The number of aromatic nitrogens is 1. The van der Waals surface area contributed by atoms with Crippen molar-refractivity contribution in [3.63, 3.8) is 0 Å². The number of rotatable bonds is 7. The van der Waals surface area contributed by atoms with E-state index in [9.17, 15) is 5.11 Å². The number of aliphatic hydroxyl groups excluding tert-OH is 1. The molecule has 0 saturated heterocycles. The molecule has 1 heterocycles. The van der Waals surface area contributed by atoms with Crippen LogP contribution in [0.5, 0.6) is 5.75 Å². The fourth-order valence-corrected chi connectivity index (χ4v) is 3.53. The summed E-state index contributed by atoms with van der Waals surface area (Å²) in [7, 11) is 1.67. The van der Waals surface area contributed by atoms with Gasteiger partial charge in [0, 0.05) is 23.7 Å². The number of nitrogens with zero attached hydrogens (tertiary/aromatic N) is 2. The Bertz CT molecular complexity index is 734. The Morgan fingerprint density at radius 2 is 1.92 bits per heavy atom. The third kappa shape index (κ3) is 4.92. The molecule has 1 aromatic heterocycles. The molecule has 1 atom stereocenters. The Kier molecular flexibility index (Phi) is 6.40. The van der Waals surface area contributed by atoms with E-state index in [0.29, 0.717) is 12.5 Å². The maximum atomic E-state index is 10.5. The monoisotopic (exact) mass is 352 g/mol. The van der Waals surface area contributed by atoms with Crippen molar-refractivity contribution in [1.82, 2.24) is 4.98 Å². The summed E-state index contributed by atoms with van der Waals surface area (Å²) in [6.07, 6.45) is 5.12. The van der Waals surface area contributed by atoms with E-state index in [2.05, 4.69) is 11.1 Å². The molecular weight excluding hydrogens is 324 g/mol. The van der Waals surface area contributed by atoms with Gasteiger partial charge in [-0.15, -0.1) is 0 Å². The first-order valence-corrected chi connectivity index (χ1v) is 9.43. The highest BCUT2D eigenvalue weighted by Crippen LogP contribution is 2.33. The third-order valence-corrected chi connectivity index (χ3v) is 5.06. The van der Waals surface area contributed by atoms with Gasteiger partial charge in [0.2, 0.25) is 0 Å². The van der Waals surface area contributed by atoms with Crippen LogP contribution in [0, 0.1) is 0 Å². The van der Waals surface area contributed by atoms with E-state index in [1.807, 2.05) is 43.3 Å². The fraction of sp³-hybridized carbons (Fsp3) is 0.455. The number of ether oxygens (including phenoxy) is 1. The van der Waals surface area contributed by atoms with Crippen LogP contribution in [0.15, 0.2) is 47.5 Å². The minimum atomic E-state index is -0.651. The molecule has 4 nitrogen and oxygen atoms in total. The van der Waals surface area contributed by atoms with Gasteiger partial charge in [-0.25, -0.2) is 0 Å². The maximum absolute atomic E-state index is 10.5. The number of benzene rings is 1. The van der Waals surface area contributed by atoms with Crippen molar-refractivity contribution in [1.29, 1.82) is 0 Å². The number of methoxy groups -OCH3 is 1. The SMILES string of the molecule is COc1ccc(CC(C)=NC[C@H](O)c2cccc(C3CCCC3)n2)cc1. The first-order valence-electron chi connectivity index (χ1n) is 9.43. The van der Waals surface area contributed by atoms with Crippen LogP contribution in [0.1, 0.15) is 61.6 Å². The largest absolute Gasteiger partial charge is 0.497 e. The van der Waals surface area contributed by atoms with Gasteiger partial charge in [-0.3, -0.25) is 9.98 Å². The summed E-state index contributed by atoms with van der Waals surface area (Å²) in [5, 5.41) is 10.5. The Hall–Kier alpha value is -2.20. The fourth-order valence-electron chi connectivity index (χ4n) is 3.53. The normalized spacial score (nSPS) is 16.7. The van der Waals surface area contributed by atoms with Crippen molar-refractivity contribution in [2.24, 2.45) is 4.99 Å². The maximum Gasteiger partial charge on any atom is 0.118 e. The summed E-state index contributed by atoms with van der Waals surface area (Å²) in [4.78, 5) is 9.26. The van der Waals surface area contributed by atoms with Gasteiger partial charge < -0.3 is 9.84 Å². The molecule has 0 aliphatic heterocycles. The zero-order valence-electron chi connectivity index (χ0n) is 15.7. The molecule has 1 aromatic carbocycles. The van der Waals surface area contributed by atoms with Gasteiger partial charge in [-0.2, -0.15) is 0 Å². The molecule has 1 aliphatic carbocycles. The van der Waals surface area contributed by atoms with Crippen LogP contribution < -0.4 is 4.74 Å². The van der Waals surface area contributed by atoms with Crippen molar-refractivity contribution in [3.05, 3.63) is 59.4 Å². The van der Waals surface area contributed by atoms with Gasteiger partial charge in [0.05, 0.1) is 19.3 Å². The zero-order valence-corrected chi connectivity index (χ0v) is 15.7. The van der Waals surface area contributed by atoms with Gasteiger partial charge in [-0.1, -0.05) is 31.0 Å². The molecule has 1 N–H and O–H groups in total. The topological polar surface area (TPSA) is 54.7 Å². The Labute approximate surface area is 156 Å². The molecule has 26 heavy (non-hydrogen) atoms. The van der Waals surface area contributed by atoms with Crippen molar-refractivity contribution in [3.8, 4) is 5.75 Å². The van der Waals surface area contributed by atoms with Crippen LogP contribution in [0.2, 0.25) is 0 Å². The highest BCUT2D eigenvalue weighted by atomic mass is 16.5. The van der Waals surface area contributed by atoms with Crippen molar-refractivity contribution < 1.29 is 9.84 Å². The van der Waals surface area contributed by atoms with E-state index in [-0.39, 0.29) is 0 Å². The molecule has 0 bridgehead atoms. The summed E-state index contributed by atoms with van der Waals surface area (Å²) in [5.41, 5.74) is 4.04. The standard InChI is InChI=1S/C22H28N2O2/c1-16(14-17-10-12-19(26-2)13-11-17)23-15-22(25)21-9-5-8-20(24-21)18-6-3-4-7-18/h5,8-13,18,22,25H,3-4,6-7,14-15H2,1-2H3/t22-/m0/s1. The Morgan fingerprint density at radius 1 is 1.19 bits per heavy atom. The second-order valence-electron chi connectivity index (χ2n) is 7.09. The van der Waals surface area contributed by atoms with Gasteiger partial charge in [0.25, 0.3) is 0 Å². The lowest BCUT2D eigenvalue weighted by atomic mass is 10.0. The van der Waals surface area contributed by atoms with E-state index in [4.69, 9.17) is 9.72 Å². The molecule has 1 fully saturated rings. The van der Waals surface area contributed by atoms with Gasteiger partial charge in [-0.05, 0) is 49.6 Å². The van der Waals surface area contributed by atoms with Gasteiger partial charge in [0.15, 0.2) is 0 Å². The molecule has 0 amide bonds. The summed E-state index contributed by atoms with van der Waals surface area (Å²) in [5.74, 6) is 1.41. The van der Waals surface area contributed by atoms with Crippen LogP contribution in [0.25, 0.3) is 0 Å². The van der Waals surface area contributed by atoms with Crippen molar-refractivity contribution in [2.75, 3.05) is 13.7 Å². The quantitative estimate of drug-likeness (QED) is 0.747. The van der Waals surface area contributed by atoms with E-state index in [0.717, 1.165) is 29.3 Å². The number of hydrogen-bond acceptors (Lipinski definition) is 4. The lowest BCUT2D eigenvalue weighted by molar-refractivity contribution is 0.182. The average Bonchev–Trinajstić information content (AvgIpc) is 3.22. The molecule has 1 saturated carbocycles. The van der Waals surface area contributed by atoms with Crippen LogP contribution in [-0.4, -0.2) is 29.5 Å². The third-order valence-electron chi connectivity index (χ3n) is 5.06. The highest BCUT2D eigenvalue weighted by Gasteiger charge is 2.19. The number of pyridine rings is 1. The minimum Gasteiger partial charge on any atom is -0.497 e. The van der Waals surface area contributed by atoms with Crippen LogP contribution >= 0.6 is 0 Å². The number of aliphatic hydroxyl groups is 1. The lowest BCUT2D eigenvalue weighted by Gasteiger charge is -2.13. The zero-order chi connectivity index (χ0) is 18.4. The summed E-state index contributed by atoms with van der Waals surface area (Å²) in [6, 6.07) is 14.0. The lowest BCUT2D eigenvalue weighted by Crippen LogP contribution is -2.09. The van der Waals surface area contributed by atoms with E-state index in [1.54, 1.807) is 7.11 Å². The number of aliphatic imine (C=N–C) groups is 1. The molecule has 0 unspecified atom stereocenters. The average molecular weight is 352 g/mol. The van der Waals surface area contributed by atoms with E-state index < -0.39 is 6.10 Å². The molecule has 0 radical (unpaired) electrons. The van der Waals surface area contributed by atoms with E-state index in [1.165, 1.54) is 31.2 Å². The second-order valence-corrected chi connectivity index (χ2v) is 7.09. The molecule has 3 rings (SSSR count). The van der Waals surface area contributed by atoms with Crippen LogP contribution in [0.3, 0.4) is 0 Å². The highest BCUT2D eigenvalue weighted by molar-refractivity contribution is 5.84. The number of hydrogen-bond donors (Lipinski definition) is 1. The first-order chi connectivity index (χ1) is 12.7. The molecule has 1 aliphatic rings. The van der Waals surface area contributed by atoms with Crippen molar-refractivity contribution >= 4 is 5.71 Å². The molecule has 4 heteroatoms. The summed E-state index contributed by atoms with van der Waals surface area (Å²) >= 11 is 0. The molecular formula is C22H28N2O2. The van der Waals surface area contributed by atoms with E-state index >= 15 is 0 Å². The van der Waals surface area contributed by atoms with Gasteiger partial charge in [0.1, 0.15) is 11.9 Å². The molecule has 138 valence electrons. The first kappa shape index (κ1) is 18.6. The second kappa shape index (κ2) is 8.95. The van der Waals surface area contributed by atoms with Crippen molar-refractivity contribution in [2.45, 2.75) is 51.0 Å².